The SMILES string of the molecule is CCOC(=O)C1=C(C=O)C2=C3CC(CO)C(=O)C(C3)c3cc4cc[nH]c4cc3CCC(CO)COc3c4c(c(CO)c(c32)O1)OC(C(C)(O)CCCCO)C4. The van der Waals surface area contributed by atoms with Gasteiger partial charge in [0.1, 0.15) is 29.1 Å². The van der Waals surface area contributed by atoms with Gasteiger partial charge in [-0.05, 0) is 93.5 Å². The Kier molecular flexibility index (Phi) is 11.2. The standard InChI is InChI=1S/C42H49NO12/c1-3-52-41(50)40-30(19-47)34-25-12-26(18-46)36(49)28(14-25)27-13-24-8-10-43-32(24)15-23(27)7-6-22(17-45)21-53-38-29-16-33(42(2,51)9-4-5-11-44)54-37(29)31(20-48)39(55-40)35(34)38/h8,10,13,15,19,22,26,28,33,43-46,48,51H,3-7,9,11-12,14,16-18,20-21H2,1-2H3. The topological polar surface area (TPSA) is 205 Å². The average Bonchev–Trinajstić information content (AvgIpc) is 3.84. The van der Waals surface area contributed by atoms with Crippen LogP contribution in [-0.4, -0.2) is 93.3 Å². The van der Waals surface area contributed by atoms with Crippen LogP contribution in [0.15, 0.2) is 41.3 Å². The van der Waals surface area contributed by atoms with Crippen LogP contribution in [-0.2, 0) is 38.6 Å². The summed E-state index contributed by atoms with van der Waals surface area (Å²) in [6, 6.07) is 5.93. The summed E-state index contributed by atoms with van der Waals surface area (Å²) in [5.74, 6) is -2.94. The molecule has 13 nitrogen and oxygen atoms in total. The number of H-pyrrole nitrogens is 1. The predicted octanol–water partition coefficient (Wildman–Crippen LogP) is 3.73. The Morgan fingerprint density at radius 3 is 2.60 bits per heavy atom. The third-order valence-electron chi connectivity index (χ3n) is 11.7. The Labute approximate surface area is 318 Å². The third kappa shape index (κ3) is 6.97. The van der Waals surface area contributed by atoms with Crippen molar-refractivity contribution in [3.8, 4) is 17.2 Å². The number of aldehydes is 1. The first-order valence-electron chi connectivity index (χ1n) is 19.2. The Hall–Kier alpha value is -4.53. The van der Waals surface area contributed by atoms with Gasteiger partial charge in [0.05, 0.1) is 48.7 Å². The summed E-state index contributed by atoms with van der Waals surface area (Å²) in [7, 11) is 0. The molecule has 3 aliphatic heterocycles. The number of allylic oxidation sites excluding steroid dienone is 3. The minimum atomic E-state index is -1.36. The van der Waals surface area contributed by atoms with Crippen LogP contribution in [0, 0.1) is 11.8 Å². The number of rotatable bonds is 11. The van der Waals surface area contributed by atoms with Gasteiger partial charge in [0.25, 0.3) is 0 Å². The first kappa shape index (κ1) is 38.7. The van der Waals surface area contributed by atoms with Crippen LogP contribution in [0.1, 0.15) is 86.1 Å². The van der Waals surface area contributed by atoms with Crippen molar-refractivity contribution >= 4 is 34.5 Å². The largest absolute Gasteiger partial charge is 0.492 e. The van der Waals surface area contributed by atoms with Gasteiger partial charge < -0.3 is 49.5 Å². The smallest absolute Gasteiger partial charge is 0.375 e. The van der Waals surface area contributed by atoms with Crippen molar-refractivity contribution in [2.75, 3.05) is 33.0 Å². The maximum atomic E-state index is 14.3. The minimum absolute atomic E-state index is 0.00632. The summed E-state index contributed by atoms with van der Waals surface area (Å²) >= 11 is 0. The average molecular weight is 760 g/mol. The van der Waals surface area contributed by atoms with Crippen molar-refractivity contribution in [1.82, 2.24) is 4.98 Å². The molecule has 4 aliphatic rings. The number of benzene rings is 2. The normalized spacial score (nSPS) is 23.2. The van der Waals surface area contributed by atoms with Crippen LogP contribution in [0.2, 0.25) is 0 Å². The molecular weight excluding hydrogens is 710 g/mol. The molecule has 2 aromatic carbocycles. The summed E-state index contributed by atoms with van der Waals surface area (Å²) in [6.45, 7) is 1.97. The maximum absolute atomic E-state index is 14.3. The van der Waals surface area contributed by atoms with Gasteiger partial charge in [-0.15, -0.1) is 0 Å². The third-order valence-corrected chi connectivity index (χ3v) is 11.7. The Morgan fingerprint density at radius 1 is 1.07 bits per heavy atom. The molecular formula is C42H49NO12. The highest BCUT2D eigenvalue weighted by atomic mass is 16.6. The Balaban J connectivity index is 1.52. The molecule has 2 bridgehead atoms. The van der Waals surface area contributed by atoms with Crippen molar-refractivity contribution in [1.29, 1.82) is 0 Å². The van der Waals surface area contributed by atoms with E-state index >= 15 is 0 Å². The summed E-state index contributed by atoms with van der Waals surface area (Å²) in [4.78, 5) is 44.5. The van der Waals surface area contributed by atoms with Crippen LogP contribution in [0.5, 0.6) is 17.2 Å². The van der Waals surface area contributed by atoms with Crippen molar-refractivity contribution in [3.63, 3.8) is 0 Å². The van der Waals surface area contributed by atoms with Gasteiger partial charge in [-0.2, -0.15) is 0 Å². The molecule has 5 atom stereocenters. The van der Waals surface area contributed by atoms with Crippen LogP contribution < -0.4 is 14.2 Å². The fourth-order valence-corrected chi connectivity index (χ4v) is 8.70. The lowest BCUT2D eigenvalue weighted by Gasteiger charge is -2.34. The van der Waals surface area contributed by atoms with E-state index in [2.05, 4.69) is 4.98 Å². The van der Waals surface area contributed by atoms with E-state index in [1.165, 1.54) is 0 Å². The molecule has 1 aromatic heterocycles. The van der Waals surface area contributed by atoms with E-state index in [-0.39, 0.29) is 96.9 Å². The van der Waals surface area contributed by atoms with Gasteiger partial charge in [-0.3, -0.25) is 9.59 Å². The molecule has 3 aromatic rings. The van der Waals surface area contributed by atoms with E-state index in [4.69, 9.17) is 18.9 Å². The van der Waals surface area contributed by atoms with E-state index in [9.17, 15) is 39.9 Å². The number of carbonyl (C=O) groups is 3. The molecule has 0 spiro atoms. The number of fused-ring (bicyclic) bond motifs is 7. The number of carbonyl (C=O) groups excluding carboxylic acids is 3. The molecule has 0 amide bonds. The molecule has 13 heteroatoms. The molecule has 294 valence electrons. The number of aromatic nitrogens is 1. The second kappa shape index (κ2) is 15.9. The fraction of sp³-hybridized carbons (Fsp3) is 0.500. The van der Waals surface area contributed by atoms with Crippen molar-refractivity contribution in [2.45, 2.75) is 89.4 Å². The number of unbranched alkanes of at least 4 members (excludes halogenated alkanes) is 1. The summed E-state index contributed by atoms with van der Waals surface area (Å²) in [5, 5.41) is 54.3. The second-order valence-corrected chi connectivity index (χ2v) is 15.2. The number of nitrogens with one attached hydrogen (secondary N) is 1. The minimum Gasteiger partial charge on any atom is -0.492 e. The van der Waals surface area contributed by atoms with Gasteiger partial charge in [-0.1, -0.05) is 5.57 Å². The quantitative estimate of drug-likeness (QED) is 0.0941. The lowest BCUT2D eigenvalue weighted by Crippen LogP contribution is -2.42. The molecule has 4 heterocycles. The molecule has 1 aliphatic carbocycles. The van der Waals surface area contributed by atoms with Crippen molar-refractivity contribution in [3.05, 3.63) is 69.1 Å². The monoisotopic (exact) mass is 759 g/mol. The predicted molar refractivity (Wildman–Crippen MR) is 200 cm³/mol. The highest BCUT2D eigenvalue weighted by Gasteiger charge is 2.47. The fourth-order valence-electron chi connectivity index (χ4n) is 8.70. The van der Waals surface area contributed by atoms with Crippen LogP contribution in [0.3, 0.4) is 0 Å². The summed E-state index contributed by atoms with van der Waals surface area (Å²) in [6.07, 6.45) is 4.23. The molecule has 6 N–H and O–H groups in total. The van der Waals surface area contributed by atoms with Gasteiger partial charge in [0.2, 0.25) is 5.76 Å². The number of hydrogen-bond donors (Lipinski definition) is 6. The highest BCUT2D eigenvalue weighted by Crippen LogP contribution is 2.57. The zero-order valence-corrected chi connectivity index (χ0v) is 31.2. The first-order chi connectivity index (χ1) is 26.6. The Morgan fingerprint density at radius 2 is 1.89 bits per heavy atom. The first-order valence-corrected chi connectivity index (χ1v) is 19.2. The zero-order valence-electron chi connectivity index (χ0n) is 31.2. The number of aromatic amines is 1. The van der Waals surface area contributed by atoms with E-state index in [1.54, 1.807) is 13.8 Å². The number of Topliss-reactive ketones (excluding diaryl/α,β-unsaturated/α-hetero) is 1. The van der Waals surface area contributed by atoms with Gasteiger partial charge in [0.15, 0.2) is 6.29 Å². The van der Waals surface area contributed by atoms with Crippen LogP contribution in [0.4, 0.5) is 0 Å². The highest BCUT2D eigenvalue weighted by molar-refractivity contribution is 6.11. The van der Waals surface area contributed by atoms with E-state index in [0.717, 1.165) is 22.0 Å². The number of ether oxygens (including phenoxy) is 4. The zero-order chi connectivity index (χ0) is 39.0. The van der Waals surface area contributed by atoms with Crippen LogP contribution in [0.25, 0.3) is 16.5 Å². The van der Waals surface area contributed by atoms with E-state index in [0.29, 0.717) is 49.5 Å². The number of aliphatic hydroxyl groups is 5. The van der Waals surface area contributed by atoms with Crippen LogP contribution >= 0.6 is 0 Å². The molecule has 0 radical (unpaired) electrons. The molecule has 7 rings (SSSR count). The number of ketones is 1. The summed E-state index contributed by atoms with van der Waals surface area (Å²) in [5.41, 5.74) is 2.93. The molecule has 0 saturated heterocycles. The number of aryl methyl sites for hydroxylation is 1. The molecule has 5 unspecified atom stereocenters. The lowest BCUT2D eigenvalue weighted by atomic mass is 9.70. The number of aliphatic hydroxyl groups excluding tert-OH is 4. The maximum Gasteiger partial charge on any atom is 0.375 e. The van der Waals surface area contributed by atoms with E-state index < -0.39 is 48.5 Å². The van der Waals surface area contributed by atoms with Gasteiger partial charge >= 0.3 is 5.97 Å². The molecule has 55 heavy (non-hydrogen) atoms. The van der Waals surface area contributed by atoms with Gasteiger partial charge in [-0.25, -0.2) is 4.79 Å². The Bertz CT molecular complexity index is 2060. The number of esters is 1. The second-order valence-electron chi connectivity index (χ2n) is 15.2. The van der Waals surface area contributed by atoms with Gasteiger partial charge in [0, 0.05) is 60.2 Å². The number of hydrogen-bond acceptors (Lipinski definition) is 12. The van der Waals surface area contributed by atoms with E-state index in [1.807, 2.05) is 24.4 Å². The molecule has 1 fully saturated rings. The lowest BCUT2D eigenvalue weighted by molar-refractivity contribution is -0.141. The van der Waals surface area contributed by atoms with Crippen molar-refractivity contribution < 1.29 is 58.9 Å². The van der Waals surface area contributed by atoms with Crippen molar-refractivity contribution in [2.24, 2.45) is 11.8 Å². The summed E-state index contributed by atoms with van der Waals surface area (Å²) < 4.78 is 24.9. The molecule has 1 saturated carbocycles.